The number of nitrogens with one attached hydrogen (secondary N) is 1. The van der Waals surface area contributed by atoms with Crippen LogP contribution in [0.1, 0.15) is 25.0 Å². The van der Waals surface area contributed by atoms with Gasteiger partial charge in [-0.15, -0.1) is 11.3 Å². The van der Waals surface area contributed by atoms with Crippen molar-refractivity contribution in [3.63, 3.8) is 0 Å². The molecule has 1 amide bonds. The zero-order valence-corrected chi connectivity index (χ0v) is 10.7. The van der Waals surface area contributed by atoms with Gasteiger partial charge in [-0.05, 0) is 24.1 Å². The highest BCUT2D eigenvalue weighted by atomic mass is 32.1. The molecule has 0 radical (unpaired) electrons. The first-order valence-corrected chi connectivity index (χ1v) is 6.34. The highest BCUT2D eigenvalue weighted by molar-refractivity contribution is 7.15. The predicted octanol–water partition coefficient (Wildman–Crippen LogP) is 1.21. The van der Waals surface area contributed by atoms with Crippen LogP contribution >= 0.6 is 11.3 Å². The number of aromatic carboxylic acids is 1. The van der Waals surface area contributed by atoms with Gasteiger partial charge in [0.2, 0.25) is 5.01 Å². The van der Waals surface area contributed by atoms with Crippen molar-refractivity contribution in [3.05, 3.63) is 46.2 Å². The number of thiazole rings is 1. The van der Waals surface area contributed by atoms with Gasteiger partial charge in [-0.1, -0.05) is 0 Å². The molecule has 2 N–H and O–H groups in total. The Morgan fingerprint density at radius 3 is 2.68 bits per heavy atom. The second kappa shape index (κ2) is 6.05. The first kappa shape index (κ1) is 13.2. The van der Waals surface area contributed by atoms with Crippen LogP contribution < -0.4 is 5.32 Å². The zero-order chi connectivity index (χ0) is 13.7. The monoisotopic (exact) mass is 277 g/mol. The van der Waals surface area contributed by atoms with Crippen LogP contribution in [0.15, 0.2) is 30.7 Å². The SMILES string of the molecule is O=C(NCCc1ccncc1)c1cnc(C(=O)O)s1. The van der Waals surface area contributed by atoms with Gasteiger partial charge in [-0.3, -0.25) is 9.78 Å². The Labute approximate surface area is 113 Å². The maximum absolute atomic E-state index is 11.7. The average molecular weight is 277 g/mol. The van der Waals surface area contributed by atoms with Gasteiger partial charge in [-0.2, -0.15) is 0 Å². The number of nitrogens with zero attached hydrogens (tertiary/aromatic N) is 2. The second-order valence-electron chi connectivity index (χ2n) is 3.70. The molecule has 0 unspecified atom stereocenters. The molecule has 19 heavy (non-hydrogen) atoms. The van der Waals surface area contributed by atoms with Crippen molar-refractivity contribution >= 4 is 23.2 Å². The number of carboxylic acid groups (broad SMARTS) is 1. The van der Waals surface area contributed by atoms with Gasteiger partial charge in [0.25, 0.3) is 5.91 Å². The Bertz CT molecular complexity index is 583. The molecule has 0 saturated carbocycles. The van der Waals surface area contributed by atoms with E-state index in [2.05, 4.69) is 15.3 Å². The fourth-order valence-corrected chi connectivity index (χ4v) is 2.11. The number of hydrogen-bond donors (Lipinski definition) is 2. The molecule has 2 aromatic heterocycles. The molecule has 0 aliphatic carbocycles. The lowest BCUT2D eigenvalue weighted by molar-refractivity contribution is 0.0696. The number of carboxylic acids is 1. The summed E-state index contributed by atoms with van der Waals surface area (Å²) in [4.78, 5) is 30.2. The van der Waals surface area contributed by atoms with E-state index in [9.17, 15) is 9.59 Å². The summed E-state index contributed by atoms with van der Waals surface area (Å²) >= 11 is 0.863. The highest BCUT2D eigenvalue weighted by Crippen LogP contribution is 2.12. The van der Waals surface area contributed by atoms with Crippen LogP contribution in [0.3, 0.4) is 0 Å². The topological polar surface area (TPSA) is 92.2 Å². The third-order valence-electron chi connectivity index (χ3n) is 2.36. The lowest BCUT2D eigenvalue weighted by Crippen LogP contribution is -2.24. The summed E-state index contributed by atoms with van der Waals surface area (Å²) in [6, 6.07) is 3.75. The highest BCUT2D eigenvalue weighted by Gasteiger charge is 2.13. The van der Waals surface area contributed by atoms with Crippen LogP contribution in [0, 0.1) is 0 Å². The lowest BCUT2D eigenvalue weighted by atomic mass is 10.2. The van der Waals surface area contributed by atoms with E-state index in [4.69, 9.17) is 5.11 Å². The van der Waals surface area contributed by atoms with Crippen LogP contribution in [-0.4, -0.2) is 33.5 Å². The van der Waals surface area contributed by atoms with E-state index in [1.54, 1.807) is 12.4 Å². The van der Waals surface area contributed by atoms with Crippen LogP contribution in [0.4, 0.5) is 0 Å². The minimum absolute atomic E-state index is 0.0840. The molecule has 7 heteroatoms. The predicted molar refractivity (Wildman–Crippen MR) is 69.3 cm³/mol. The molecule has 0 spiro atoms. The normalized spacial score (nSPS) is 10.1. The maximum atomic E-state index is 11.7. The minimum atomic E-state index is -1.12. The summed E-state index contributed by atoms with van der Waals surface area (Å²) in [5, 5.41) is 11.3. The van der Waals surface area contributed by atoms with Crippen molar-refractivity contribution in [2.75, 3.05) is 6.54 Å². The third kappa shape index (κ3) is 3.59. The summed E-state index contributed by atoms with van der Waals surface area (Å²) in [7, 11) is 0. The molecule has 2 heterocycles. The molecule has 2 aromatic rings. The second-order valence-corrected chi connectivity index (χ2v) is 4.73. The van der Waals surface area contributed by atoms with Crippen molar-refractivity contribution in [2.45, 2.75) is 6.42 Å². The molecule has 0 atom stereocenters. The Kier molecular flexibility index (Phi) is 4.19. The fraction of sp³-hybridized carbons (Fsp3) is 0.167. The number of pyridine rings is 1. The molecule has 6 nitrogen and oxygen atoms in total. The summed E-state index contributed by atoms with van der Waals surface area (Å²) in [6.45, 7) is 0.475. The van der Waals surface area contributed by atoms with Crippen LogP contribution in [0.5, 0.6) is 0 Å². The van der Waals surface area contributed by atoms with Crippen molar-refractivity contribution in [1.82, 2.24) is 15.3 Å². The van der Waals surface area contributed by atoms with E-state index in [-0.39, 0.29) is 10.9 Å². The summed E-state index contributed by atoms with van der Waals surface area (Å²) in [5.41, 5.74) is 1.07. The van der Waals surface area contributed by atoms with Gasteiger partial charge in [-0.25, -0.2) is 9.78 Å². The Morgan fingerprint density at radius 1 is 1.32 bits per heavy atom. The summed E-state index contributed by atoms with van der Waals surface area (Å²) in [6.07, 6.45) is 5.35. The number of carbonyl (C=O) groups excluding carboxylic acids is 1. The van der Waals surface area contributed by atoms with Gasteiger partial charge in [0, 0.05) is 18.9 Å². The molecule has 2 rings (SSSR count). The molecular weight excluding hydrogens is 266 g/mol. The Morgan fingerprint density at radius 2 is 2.05 bits per heavy atom. The molecule has 0 aromatic carbocycles. The smallest absolute Gasteiger partial charge is 0.365 e. The van der Waals surface area contributed by atoms with Crippen LogP contribution in [-0.2, 0) is 6.42 Å². The molecule has 0 aliphatic heterocycles. The third-order valence-corrected chi connectivity index (χ3v) is 3.35. The molecule has 0 saturated heterocycles. The van der Waals surface area contributed by atoms with Gasteiger partial charge >= 0.3 is 5.97 Å². The maximum Gasteiger partial charge on any atom is 0.365 e. The average Bonchev–Trinajstić information content (AvgIpc) is 2.89. The number of amides is 1. The van der Waals surface area contributed by atoms with Gasteiger partial charge in [0.05, 0.1) is 6.20 Å². The van der Waals surface area contributed by atoms with Gasteiger partial charge in [0.15, 0.2) is 0 Å². The number of rotatable bonds is 5. The van der Waals surface area contributed by atoms with Crippen molar-refractivity contribution in [2.24, 2.45) is 0 Å². The Balaban J connectivity index is 1.85. The lowest BCUT2D eigenvalue weighted by Gasteiger charge is -2.02. The first-order valence-electron chi connectivity index (χ1n) is 5.53. The number of carbonyl (C=O) groups is 2. The van der Waals surface area contributed by atoms with Crippen LogP contribution in [0.25, 0.3) is 0 Å². The molecular formula is C12H11N3O3S. The first-order chi connectivity index (χ1) is 9.16. The van der Waals surface area contributed by atoms with E-state index in [1.807, 2.05) is 12.1 Å². The van der Waals surface area contributed by atoms with E-state index >= 15 is 0 Å². The quantitative estimate of drug-likeness (QED) is 0.857. The van der Waals surface area contributed by atoms with Gasteiger partial charge in [0.1, 0.15) is 4.88 Å². The molecule has 0 bridgehead atoms. The van der Waals surface area contributed by atoms with E-state index in [0.717, 1.165) is 16.9 Å². The molecule has 0 fully saturated rings. The standard InChI is InChI=1S/C12H11N3O3S/c16-10(9-7-15-11(19-9)12(17)18)14-6-3-8-1-4-13-5-2-8/h1-2,4-5,7H,3,6H2,(H,14,16)(H,17,18). The zero-order valence-electron chi connectivity index (χ0n) is 9.87. The minimum Gasteiger partial charge on any atom is -0.476 e. The van der Waals surface area contributed by atoms with Crippen molar-refractivity contribution in [3.8, 4) is 0 Å². The van der Waals surface area contributed by atoms with Gasteiger partial charge < -0.3 is 10.4 Å². The van der Waals surface area contributed by atoms with Crippen molar-refractivity contribution < 1.29 is 14.7 Å². The number of hydrogen-bond acceptors (Lipinski definition) is 5. The molecule has 0 aliphatic rings. The summed E-state index contributed by atoms with van der Waals surface area (Å²) in [5.74, 6) is -1.43. The summed E-state index contributed by atoms with van der Waals surface area (Å²) < 4.78 is 0. The Hall–Kier alpha value is -2.28. The van der Waals surface area contributed by atoms with E-state index in [1.165, 1.54) is 6.20 Å². The largest absolute Gasteiger partial charge is 0.476 e. The van der Waals surface area contributed by atoms with Crippen LogP contribution in [0.2, 0.25) is 0 Å². The van der Waals surface area contributed by atoms with E-state index in [0.29, 0.717) is 17.8 Å². The number of aromatic nitrogens is 2. The molecule has 98 valence electrons. The van der Waals surface area contributed by atoms with Crippen molar-refractivity contribution in [1.29, 1.82) is 0 Å². The van der Waals surface area contributed by atoms with E-state index < -0.39 is 5.97 Å². The fourth-order valence-electron chi connectivity index (χ4n) is 1.43.